The van der Waals surface area contributed by atoms with Crippen molar-refractivity contribution in [3.05, 3.63) is 64.3 Å². The van der Waals surface area contributed by atoms with Crippen LogP contribution in [0, 0.1) is 6.92 Å². The van der Waals surface area contributed by atoms with E-state index in [1.165, 1.54) is 18.3 Å². The lowest BCUT2D eigenvalue weighted by Crippen LogP contribution is -2.05. The lowest BCUT2D eigenvalue weighted by molar-refractivity contribution is 0.0686. The molecule has 0 amide bonds. The summed E-state index contributed by atoms with van der Waals surface area (Å²) in [6, 6.07) is 9.42. The van der Waals surface area contributed by atoms with Gasteiger partial charge in [-0.05, 0) is 48.9 Å². The van der Waals surface area contributed by atoms with Gasteiger partial charge in [-0.3, -0.25) is 4.98 Å². The predicted molar refractivity (Wildman–Crippen MR) is 95.1 cm³/mol. The molecular weight excluding hydrogens is 344 g/mol. The van der Waals surface area contributed by atoms with Gasteiger partial charge in [0, 0.05) is 22.3 Å². The Kier molecular flexibility index (Phi) is 4.29. The van der Waals surface area contributed by atoms with Gasteiger partial charge in [-0.25, -0.2) is 9.59 Å². The number of carbonyl (C=O) groups is 2. The monoisotopic (exact) mass is 356 g/mol. The molecule has 0 radical (unpaired) electrons. The standard InChI is InChI=1S/C18H13ClN2O4/c1-9-14(19)7-6-12-15(9)20-8-13(18(24)25)16(12)21-11-4-2-10(3-5-11)17(22)23/h2-8H,1H3,(H,20,21)(H,22,23)(H,24,25). The van der Waals surface area contributed by atoms with E-state index < -0.39 is 11.9 Å². The molecule has 0 aliphatic carbocycles. The van der Waals surface area contributed by atoms with Crippen molar-refractivity contribution < 1.29 is 19.8 Å². The van der Waals surface area contributed by atoms with E-state index in [0.29, 0.717) is 27.3 Å². The van der Waals surface area contributed by atoms with Crippen LogP contribution in [0.2, 0.25) is 5.02 Å². The molecule has 2 aromatic carbocycles. The SMILES string of the molecule is Cc1c(Cl)ccc2c(Nc3ccc(C(=O)O)cc3)c(C(=O)O)cnc12. The molecule has 0 aliphatic heterocycles. The van der Waals surface area contributed by atoms with E-state index in [0.717, 1.165) is 5.56 Å². The average molecular weight is 357 g/mol. The molecule has 3 rings (SSSR count). The number of rotatable bonds is 4. The number of aryl methyl sites for hydroxylation is 1. The maximum absolute atomic E-state index is 11.6. The average Bonchev–Trinajstić information content (AvgIpc) is 2.58. The Bertz CT molecular complexity index is 1000. The summed E-state index contributed by atoms with van der Waals surface area (Å²) in [5.41, 5.74) is 2.44. The van der Waals surface area contributed by atoms with Crippen LogP contribution < -0.4 is 5.32 Å². The van der Waals surface area contributed by atoms with Gasteiger partial charge in [0.2, 0.25) is 0 Å². The number of benzene rings is 2. The van der Waals surface area contributed by atoms with Crippen molar-refractivity contribution in [3.63, 3.8) is 0 Å². The first-order valence-corrected chi connectivity index (χ1v) is 7.67. The van der Waals surface area contributed by atoms with Gasteiger partial charge in [0.05, 0.1) is 16.8 Å². The molecule has 0 aliphatic rings. The highest BCUT2D eigenvalue weighted by Crippen LogP contribution is 2.33. The summed E-state index contributed by atoms with van der Waals surface area (Å²) in [7, 11) is 0. The van der Waals surface area contributed by atoms with Crippen LogP contribution in [0.4, 0.5) is 11.4 Å². The van der Waals surface area contributed by atoms with Crippen molar-refractivity contribution in [2.75, 3.05) is 5.32 Å². The second-order valence-electron chi connectivity index (χ2n) is 5.43. The van der Waals surface area contributed by atoms with Crippen LogP contribution in [0.3, 0.4) is 0 Å². The van der Waals surface area contributed by atoms with Gasteiger partial charge in [0.25, 0.3) is 0 Å². The van der Waals surface area contributed by atoms with E-state index in [1.807, 2.05) is 6.92 Å². The number of pyridine rings is 1. The first-order chi connectivity index (χ1) is 11.9. The molecule has 0 atom stereocenters. The Hall–Kier alpha value is -3.12. The van der Waals surface area contributed by atoms with Crippen molar-refractivity contribution in [1.82, 2.24) is 4.98 Å². The molecule has 6 nitrogen and oxygen atoms in total. The molecule has 0 saturated carbocycles. The van der Waals surface area contributed by atoms with E-state index in [4.69, 9.17) is 16.7 Å². The second kappa shape index (κ2) is 6.41. The number of anilines is 2. The Labute approximate surface area is 147 Å². The number of fused-ring (bicyclic) bond motifs is 1. The molecule has 0 saturated heterocycles. The molecule has 3 aromatic rings. The molecular formula is C18H13ClN2O4. The minimum Gasteiger partial charge on any atom is -0.478 e. The Balaban J connectivity index is 2.15. The van der Waals surface area contributed by atoms with Crippen LogP contribution in [0.15, 0.2) is 42.6 Å². The van der Waals surface area contributed by atoms with Crippen molar-refractivity contribution in [3.8, 4) is 0 Å². The highest BCUT2D eigenvalue weighted by Gasteiger charge is 2.17. The Morgan fingerprint density at radius 1 is 1.04 bits per heavy atom. The number of aromatic nitrogens is 1. The van der Waals surface area contributed by atoms with Gasteiger partial charge >= 0.3 is 11.9 Å². The van der Waals surface area contributed by atoms with Crippen molar-refractivity contribution in [2.24, 2.45) is 0 Å². The van der Waals surface area contributed by atoms with Gasteiger partial charge in [-0.15, -0.1) is 0 Å². The zero-order chi connectivity index (χ0) is 18.1. The quantitative estimate of drug-likeness (QED) is 0.643. The number of nitrogens with one attached hydrogen (secondary N) is 1. The van der Waals surface area contributed by atoms with E-state index in [1.54, 1.807) is 24.3 Å². The van der Waals surface area contributed by atoms with Gasteiger partial charge in [-0.2, -0.15) is 0 Å². The highest BCUT2D eigenvalue weighted by atomic mass is 35.5. The minimum absolute atomic E-state index is 0.0107. The lowest BCUT2D eigenvalue weighted by atomic mass is 10.1. The molecule has 7 heteroatoms. The summed E-state index contributed by atoms with van der Waals surface area (Å²) in [4.78, 5) is 26.7. The maximum Gasteiger partial charge on any atom is 0.339 e. The van der Waals surface area contributed by atoms with Crippen LogP contribution >= 0.6 is 11.6 Å². The van der Waals surface area contributed by atoms with Crippen molar-refractivity contribution >= 4 is 45.8 Å². The van der Waals surface area contributed by atoms with Crippen LogP contribution in [-0.2, 0) is 0 Å². The minimum atomic E-state index is -1.12. The summed E-state index contributed by atoms with van der Waals surface area (Å²) in [5.74, 6) is -2.15. The van der Waals surface area contributed by atoms with E-state index in [9.17, 15) is 14.7 Å². The first kappa shape index (κ1) is 16.7. The molecule has 1 aromatic heterocycles. The maximum atomic E-state index is 11.6. The fraction of sp³-hybridized carbons (Fsp3) is 0.0556. The first-order valence-electron chi connectivity index (χ1n) is 7.30. The molecule has 1 heterocycles. The Morgan fingerprint density at radius 3 is 2.32 bits per heavy atom. The fourth-order valence-corrected chi connectivity index (χ4v) is 2.67. The van der Waals surface area contributed by atoms with Crippen LogP contribution in [0.5, 0.6) is 0 Å². The summed E-state index contributed by atoms with van der Waals surface area (Å²) in [6.07, 6.45) is 1.28. The molecule has 0 fully saturated rings. The smallest absolute Gasteiger partial charge is 0.339 e. The third-order valence-electron chi connectivity index (χ3n) is 3.86. The summed E-state index contributed by atoms with van der Waals surface area (Å²) in [5, 5.41) is 22.6. The number of carboxylic acid groups (broad SMARTS) is 2. The van der Waals surface area contributed by atoms with E-state index in [-0.39, 0.29) is 11.1 Å². The largest absolute Gasteiger partial charge is 0.478 e. The molecule has 0 spiro atoms. The molecule has 126 valence electrons. The number of nitrogens with zero attached hydrogens (tertiary/aromatic N) is 1. The number of carboxylic acids is 2. The van der Waals surface area contributed by atoms with Crippen molar-refractivity contribution in [1.29, 1.82) is 0 Å². The van der Waals surface area contributed by atoms with Gasteiger partial charge in [-0.1, -0.05) is 11.6 Å². The summed E-state index contributed by atoms with van der Waals surface area (Å²) < 4.78 is 0. The third-order valence-corrected chi connectivity index (χ3v) is 4.27. The lowest BCUT2D eigenvalue weighted by Gasteiger charge is -2.14. The third kappa shape index (κ3) is 3.12. The Morgan fingerprint density at radius 2 is 1.72 bits per heavy atom. The highest BCUT2D eigenvalue weighted by molar-refractivity contribution is 6.32. The van der Waals surface area contributed by atoms with Crippen LogP contribution in [0.1, 0.15) is 26.3 Å². The van der Waals surface area contributed by atoms with Crippen LogP contribution in [0.25, 0.3) is 10.9 Å². The second-order valence-corrected chi connectivity index (χ2v) is 5.84. The topological polar surface area (TPSA) is 99.5 Å². The zero-order valence-electron chi connectivity index (χ0n) is 13.1. The molecule has 25 heavy (non-hydrogen) atoms. The summed E-state index contributed by atoms with van der Waals surface area (Å²) in [6.45, 7) is 1.81. The van der Waals surface area contributed by atoms with Gasteiger partial charge in [0.1, 0.15) is 5.56 Å². The van der Waals surface area contributed by atoms with E-state index >= 15 is 0 Å². The van der Waals surface area contributed by atoms with Gasteiger partial charge in [0.15, 0.2) is 0 Å². The normalized spacial score (nSPS) is 10.6. The molecule has 0 bridgehead atoms. The van der Waals surface area contributed by atoms with Crippen LogP contribution in [-0.4, -0.2) is 27.1 Å². The fourth-order valence-electron chi connectivity index (χ4n) is 2.52. The molecule has 3 N–H and O–H groups in total. The summed E-state index contributed by atoms with van der Waals surface area (Å²) >= 11 is 6.12. The van der Waals surface area contributed by atoms with Gasteiger partial charge < -0.3 is 15.5 Å². The molecule has 0 unspecified atom stereocenters. The number of hydrogen-bond donors (Lipinski definition) is 3. The zero-order valence-corrected chi connectivity index (χ0v) is 13.8. The predicted octanol–water partition coefficient (Wildman–Crippen LogP) is 4.34. The number of aromatic carboxylic acids is 2. The number of halogens is 1. The van der Waals surface area contributed by atoms with Crippen molar-refractivity contribution in [2.45, 2.75) is 6.92 Å². The van der Waals surface area contributed by atoms with E-state index in [2.05, 4.69) is 10.3 Å². The number of hydrogen-bond acceptors (Lipinski definition) is 4.